The van der Waals surface area contributed by atoms with Gasteiger partial charge in [0.05, 0.1) is 6.61 Å². The van der Waals surface area contributed by atoms with E-state index in [1.165, 1.54) is 19.3 Å². The first-order valence-corrected chi connectivity index (χ1v) is 9.55. The van der Waals surface area contributed by atoms with Gasteiger partial charge in [0.15, 0.2) is 0 Å². The minimum absolute atomic E-state index is 0.0220. The van der Waals surface area contributed by atoms with E-state index in [4.69, 9.17) is 5.11 Å². The van der Waals surface area contributed by atoms with Crippen LogP contribution >= 0.6 is 0 Å². The van der Waals surface area contributed by atoms with E-state index in [2.05, 4.69) is 10.6 Å². The summed E-state index contributed by atoms with van der Waals surface area (Å²) in [6.07, 6.45) is 6.91. The van der Waals surface area contributed by atoms with Crippen LogP contribution in [0.4, 0.5) is 0 Å². The third kappa shape index (κ3) is 3.32. The summed E-state index contributed by atoms with van der Waals surface area (Å²) in [4.78, 5) is 25.6. The van der Waals surface area contributed by atoms with E-state index < -0.39 is 6.04 Å². The van der Waals surface area contributed by atoms with Crippen LogP contribution in [0, 0.1) is 29.1 Å². The molecule has 0 aromatic carbocycles. The van der Waals surface area contributed by atoms with Crippen LogP contribution in [0.25, 0.3) is 0 Å². The van der Waals surface area contributed by atoms with Crippen molar-refractivity contribution in [1.29, 1.82) is 0 Å². The van der Waals surface area contributed by atoms with Crippen LogP contribution in [0.15, 0.2) is 0 Å². The van der Waals surface area contributed by atoms with Gasteiger partial charge in [-0.1, -0.05) is 13.8 Å². The van der Waals surface area contributed by atoms with E-state index in [1.54, 1.807) is 6.92 Å². The molecule has 0 spiro atoms. The Morgan fingerprint density at radius 3 is 1.92 bits per heavy atom. The lowest BCUT2D eigenvalue weighted by molar-refractivity contribution is -0.149. The number of hydrogen-bond acceptors (Lipinski definition) is 3. The lowest BCUT2D eigenvalue weighted by atomic mass is 9.49. The quantitative estimate of drug-likeness (QED) is 0.692. The van der Waals surface area contributed by atoms with Crippen molar-refractivity contribution in [2.24, 2.45) is 29.1 Å². The standard InChI is InChI=1S/C19H32N2O3/c1-11(2)16(17(23)20-12(3)10-22)21-18(24)19-7-13-4-14(8-19)6-15(5-13)9-19/h11-16,22H,4-10H2,1-3H3,(H,20,23)(H,21,24). The van der Waals surface area contributed by atoms with Gasteiger partial charge in [0.1, 0.15) is 6.04 Å². The highest BCUT2D eigenvalue weighted by molar-refractivity contribution is 5.90. The molecular weight excluding hydrogens is 304 g/mol. The highest BCUT2D eigenvalue weighted by atomic mass is 16.3. The van der Waals surface area contributed by atoms with Crippen LogP contribution in [0.1, 0.15) is 59.3 Å². The number of aliphatic hydroxyl groups excluding tert-OH is 1. The molecule has 2 amide bonds. The number of carbonyl (C=O) groups excluding carboxylic acids is 2. The molecule has 2 atom stereocenters. The van der Waals surface area contributed by atoms with Crippen molar-refractivity contribution in [3.63, 3.8) is 0 Å². The molecule has 0 saturated heterocycles. The minimum Gasteiger partial charge on any atom is -0.394 e. The van der Waals surface area contributed by atoms with E-state index in [1.807, 2.05) is 13.8 Å². The Morgan fingerprint density at radius 1 is 1.00 bits per heavy atom. The second kappa shape index (κ2) is 6.66. The van der Waals surface area contributed by atoms with Gasteiger partial charge in [-0.25, -0.2) is 0 Å². The Morgan fingerprint density at radius 2 is 1.50 bits per heavy atom. The zero-order valence-corrected chi connectivity index (χ0v) is 15.2. The molecule has 4 saturated carbocycles. The maximum atomic E-state index is 13.1. The Kier molecular flexibility index (Phi) is 4.92. The van der Waals surface area contributed by atoms with E-state index in [0.29, 0.717) is 17.8 Å². The van der Waals surface area contributed by atoms with Gasteiger partial charge in [-0.15, -0.1) is 0 Å². The molecular formula is C19H32N2O3. The fourth-order valence-corrected chi connectivity index (χ4v) is 5.60. The highest BCUT2D eigenvalue weighted by Gasteiger charge is 2.55. The molecule has 24 heavy (non-hydrogen) atoms. The lowest BCUT2D eigenvalue weighted by Gasteiger charge is -2.55. The summed E-state index contributed by atoms with van der Waals surface area (Å²) in [5.41, 5.74) is -0.231. The molecule has 5 heteroatoms. The van der Waals surface area contributed by atoms with Gasteiger partial charge in [-0.3, -0.25) is 9.59 Å². The van der Waals surface area contributed by atoms with Crippen molar-refractivity contribution in [3.8, 4) is 0 Å². The molecule has 4 bridgehead atoms. The fraction of sp³-hybridized carbons (Fsp3) is 0.895. The van der Waals surface area contributed by atoms with Crippen LogP contribution in [-0.4, -0.2) is 35.6 Å². The second-order valence-corrected chi connectivity index (χ2v) is 8.99. The number of nitrogens with one attached hydrogen (secondary N) is 2. The van der Waals surface area contributed by atoms with Gasteiger partial charge in [0.25, 0.3) is 0 Å². The Labute approximate surface area is 145 Å². The predicted octanol–water partition coefficient (Wildman–Crippen LogP) is 1.84. The normalized spacial score (nSPS) is 36.5. The molecule has 0 aliphatic heterocycles. The van der Waals surface area contributed by atoms with Crippen LogP contribution in [0.3, 0.4) is 0 Å². The Hall–Kier alpha value is -1.10. The largest absolute Gasteiger partial charge is 0.394 e. The van der Waals surface area contributed by atoms with Crippen LogP contribution < -0.4 is 10.6 Å². The molecule has 136 valence electrons. The number of amides is 2. The Bertz CT molecular complexity index is 468. The van der Waals surface area contributed by atoms with Crippen LogP contribution in [0.2, 0.25) is 0 Å². The summed E-state index contributed by atoms with van der Waals surface area (Å²) in [7, 11) is 0. The summed E-state index contributed by atoms with van der Waals surface area (Å²) in [6.45, 7) is 5.57. The third-order valence-corrected chi connectivity index (χ3v) is 6.42. The number of hydrogen-bond donors (Lipinski definition) is 3. The van der Waals surface area contributed by atoms with E-state index >= 15 is 0 Å². The van der Waals surface area contributed by atoms with Gasteiger partial charge in [-0.2, -0.15) is 0 Å². The van der Waals surface area contributed by atoms with Crippen molar-refractivity contribution in [2.75, 3.05) is 6.61 Å². The van der Waals surface area contributed by atoms with Crippen molar-refractivity contribution in [3.05, 3.63) is 0 Å². The van der Waals surface area contributed by atoms with Crippen molar-refractivity contribution in [2.45, 2.75) is 71.4 Å². The van der Waals surface area contributed by atoms with Gasteiger partial charge < -0.3 is 15.7 Å². The van der Waals surface area contributed by atoms with Crippen LogP contribution in [-0.2, 0) is 9.59 Å². The topological polar surface area (TPSA) is 78.4 Å². The lowest BCUT2D eigenvalue weighted by Crippen LogP contribution is -2.59. The summed E-state index contributed by atoms with van der Waals surface area (Å²) in [5.74, 6) is 2.05. The number of aliphatic hydroxyl groups is 1. The maximum Gasteiger partial charge on any atom is 0.243 e. The minimum atomic E-state index is -0.528. The summed E-state index contributed by atoms with van der Waals surface area (Å²) >= 11 is 0. The monoisotopic (exact) mass is 336 g/mol. The van der Waals surface area contributed by atoms with Gasteiger partial charge in [-0.05, 0) is 69.1 Å². The Balaban J connectivity index is 1.69. The van der Waals surface area contributed by atoms with Crippen molar-refractivity contribution < 1.29 is 14.7 Å². The smallest absolute Gasteiger partial charge is 0.243 e. The zero-order valence-electron chi connectivity index (χ0n) is 15.2. The van der Waals surface area contributed by atoms with E-state index in [-0.39, 0.29) is 35.8 Å². The number of carbonyl (C=O) groups is 2. The summed E-state index contributed by atoms with van der Waals surface area (Å²) < 4.78 is 0. The van der Waals surface area contributed by atoms with Gasteiger partial charge in [0.2, 0.25) is 11.8 Å². The molecule has 4 rings (SSSR count). The molecule has 4 aliphatic carbocycles. The van der Waals surface area contributed by atoms with E-state index in [9.17, 15) is 9.59 Å². The first-order chi connectivity index (χ1) is 11.3. The summed E-state index contributed by atoms with van der Waals surface area (Å²) in [5, 5.41) is 15.0. The molecule has 2 unspecified atom stereocenters. The third-order valence-electron chi connectivity index (χ3n) is 6.42. The first-order valence-electron chi connectivity index (χ1n) is 9.55. The van der Waals surface area contributed by atoms with Gasteiger partial charge in [0, 0.05) is 11.5 Å². The SMILES string of the molecule is CC(CO)NC(=O)C(NC(=O)C12CC3CC(CC(C3)C1)C2)C(C)C. The molecule has 4 aliphatic rings. The average molecular weight is 336 g/mol. The second-order valence-electron chi connectivity index (χ2n) is 8.99. The molecule has 0 aromatic rings. The molecule has 3 N–H and O–H groups in total. The fourth-order valence-electron chi connectivity index (χ4n) is 5.60. The number of rotatable bonds is 6. The molecule has 5 nitrogen and oxygen atoms in total. The molecule has 0 heterocycles. The predicted molar refractivity (Wildman–Crippen MR) is 92.1 cm³/mol. The van der Waals surface area contributed by atoms with E-state index in [0.717, 1.165) is 19.3 Å². The first kappa shape index (κ1) is 17.7. The molecule has 4 fully saturated rings. The zero-order chi connectivity index (χ0) is 17.5. The molecule has 0 aromatic heterocycles. The van der Waals surface area contributed by atoms with Gasteiger partial charge >= 0.3 is 0 Å². The maximum absolute atomic E-state index is 13.1. The summed E-state index contributed by atoms with van der Waals surface area (Å²) in [6, 6.07) is -0.824. The highest BCUT2D eigenvalue weighted by Crippen LogP contribution is 2.60. The van der Waals surface area contributed by atoms with Crippen molar-refractivity contribution >= 4 is 11.8 Å². The van der Waals surface area contributed by atoms with Crippen molar-refractivity contribution in [1.82, 2.24) is 10.6 Å². The molecule has 0 radical (unpaired) electrons. The van der Waals surface area contributed by atoms with Crippen LogP contribution in [0.5, 0.6) is 0 Å². The average Bonchev–Trinajstić information content (AvgIpc) is 2.50.